The van der Waals surface area contributed by atoms with Crippen molar-refractivity contribution in [2.45, 2.75) is 18.9 Å². The highest BCUT2D eigenvalue weighted by Gasteiger charge is 2.13. The topological polar surface area (TPSA) is 4.44 Å². The van der Waals surface area contributed by atoms with Crippen molar-refractivity contribution >= 4 is 0 Å². The molecule has 0 saturated carbocycles. The number of allylic oxidation sites excluding steroid dienone is 4. The predicted octanol–water partition coefficient (Wildman–Crippen LogP) is 0.655. The van der Waals surface area contributed by atoms with E-state index in [4.69, 9.17) is 6.42 Å². The molecule has 1 heteroatoms. The molecule has 1 aliphatic rings. The second-order valence-corrected chi connectivity index (χ2v) is 3.81. The van der Waals surface area contributed by atoms with Crippen molar-refractivity contribution in [2.24, 2.45) is 5.92 Å². The first kappa shape index (κ1) is 10.1. The molecule has 70 valence electrons. The highest BCUT2D eigenvalue weighted by molar-refractivity contribution is 5.17. The minimum atomic E-state index is 0.363. The zero-order chi connectivity index (χ0) is 9.68. The zero-order valence-corrected chi connectivity index (χ0v) is 8.46. The number of quaternary nitrogens is 1. The van der Waals surface area contributed by atoms with Gasteiger partial charge in [-0.25, -0.2) is 0 Å². The van der Waals surface area contributed by atoms with Crippen LogP contribution in [-0.4, -0.2) is 20.1 Å². The van der Waals surface area contributed by atoms with E-state index in [1.54, 1.807) is 0 Å². The highest BCUT2D eigenvalue weighted by atomic mass is 15.1. The van der Waals surface area contributed by atoms with Gasteiger partial charge >= 0.3 is 0 Å². The molecule has 0 saturated heterocycles. The minimum absolute atomic E-state index is 0.363. The van der Waals surface area contributed by atoms with Crippen LogP contribution in [0, 0.1) is 18.3 Å². The summed E-state index contributed by atoms with van der Waals surface area (Å²) in [4.78, 5) is 1.36. The summed E-state index contributed by atoms with van der Waals surface area (Å²) in [6.07, 6.45) is 16.4. The summed E-state index contributed by atoms with van der Waals surface area (Å²) in [5, 5.41) is 0. The summed E-state index contributed by atoms with van der Waals surface area (Å²) in [6.45, 7) is 0. The van der Waals surface area contributed by atoms with Crippen molar-refractivity contribution in [1.82, 2.24) is 0 Å². The van der Waals surface area contributed by atoms with E-state index >= 15 is 0 Å². The van der Waals surface area contributed by atoms with Crippen molar-refractivity contribution in [1.29, 1.82) is 0 Å². The largest absolute Gasteiger partial charge is 0.327 e. The van der Waals surface area contributed by atoms with Gasteiger partial charge in [0.2, 0.25) is 0 Å². The van der Waals surface area contributed by atoms with Crippen LogP contribution in [0.3, 0.4) is 0 Å². The maximum atomic E-state index is 5.45. The van der Waals surface area contributed by atoms with Crippen LogP contribution in [0.15, 0.2) is 24.3 Å². The van der Waals surface area contributed by atoms with Gasteiger partial charge in [0, 0.05) is 6.42 Å². The summed E-state index contributed by atoms with van der Waals surface area (Å²) in [5.41, 5.74) is 0. The molecule has 1 aliphatic carbocycles. The van der Waals surface area contributed by atoms with Gasteiger partial charge in [0.25, 0.3) is 0 Å². The molecule has 0 aromatic carbocycles. The van der Waals surface area contributed by atoms with Crippen LogP contribution in [-0.2, 0) is 0 Å². The number of nitrogens with one attached hydrogen (secondary N) is 1. The Hall–Kier alpha value is -1.00. The van der Waals surface area contributed by atoms with E-state index in [9.17, 15) is 0 Å². The molecule has 0 spiro atoms. The second-order valence-electron chi connectivity index (χ2n) is 3.81. The monoisotopic (exact) mass is 176 g/mol. The van der Waals surface area contributed by atoms with E-state index in [1.807, 2.05) is 0 Å². The maximum Gasteiger partial charge on any atom is 0.148 e. The fourth-order valence-electron chi connectivity index (χ4n) is 1.57. The molecule has 0 fully saturated rings. The molecule has 1 unspecified atom stereocenters. The lowest BCUT2D eigenvalue weighted by atomic mass is 10.0. The molecule has 1 atom stereocenters. The Labute approximate surface area is 81.1 Å². The van der Waals surface area contributed by atoms with Crippen LogP contribution >= 0.6 is 0 Å². The second kappa shape index (κ2) is 4.89. The van der Waals surface area contributed by atoms with Gasteiger partial charge in [0.1, 0.15) is 6.04 Å². The summed E-state index contributed by atoms with van der Waals surface area (Å²) in [7, 11) is 4.23. The first-order valence-corrected chi connectivity index (χ1v) is 4.85. The van der Waals surface area contributed by atoms with E-state index in [-0.39, 0.29) is 0 Å². The Bertz CT molecular complexity index is 230. The standard InChI is InChI=1S/C12H17N/c1-4-12(13(2)3)10-9-11-7-5-6-8-11/h1,5-8,11-12H,9-10H2,2-3H3/p+1. The lowest BCUT2D eigenvalue weighted by molar-refractivity contribution is -0.876. The van der Waals surface area contributed by atoms with Crippen molar-refractivity contribution in [3.8, 4) is 12.3 Å². The number of hydrogen-bond donors (Lipinski definition) is 1. The molecule has 0 aliphatic heterocycles. The van der Waals surface area contributed by atoms with Gasteiger partial charge in [-0.3, -0.25) is 0 Å². The van der Waals surface area contributed by atoms with Crippen LogP contribution in [0.5, 0.6) is 0 Å². The number of hydrogen-bond acceptors (Lipinski definition) is 0. The normalized spacial score (nSPS) is 18.0. The van der Waals surface area contributed by atoms with Gasteiger partial charge < -0.3 is 4.90 Å². The van der Waals surface area contributed by atoms with Gasteiger partial charge in [-0.15, -0.1) is 6.42 Å². The van der Waals surface area contributed by atoms with Crippen LogP contribution in [0.4, 0.5) is 0 Å². The Morgan fingerprint density at radius 3 is 2.46 bits per heavy atom. The Morgan fingerprint density at radius 1 is 1.38 bits per heavy atom. The summed E-state index contributed by atoms with van der Waals surface area (Å²) < 4.78 is 0. The molecule has 0 aromatic heterocycles. The first-order chi connectivity index (χ1) is 6.24. The van der Waals surface area contributed by atoms with E-state index in [0.717, 1.165) is 6.42 Å². The minimum Gasteiger partial charge on any atom is -0.327 e. The van der Waals surface area contributed by atoms with Gasteiger partial charge in [-0.1, -0.05) is 24.3 Å². The lowest BCUT2D eigenvalue weighted by Gasteiger charge is -2.16. The van der Waals surface area contributed by atoms with Gasteiger partial charge in [-0.05, 0) is 18.3 Å². The van der Waals surface area contributed by atoms with Gasteiger partial charge in [0.05, 0.1) is 14.1 Å². The van der Waals surface area contributed by atoms with Crippen molar-refractivity contribution in [3.63, 3.8) is 0 Å². The smallest absolute Gasteiger partial charge is 0.148 e. The molecular weight excluding hydrogens is 158 g/mol. The third-order valence-electron chi connectivity index (χ3n) is 2.51. The molecule has 0 aromatic rings. The summed E-state index contributed by atoms with van der Waals surface area (Å²) in [5.74, 6) is 3.46. The van der Waals surface area contributed by atoms with Crippen LogP contribution < -0.4 is 4.90 Å². The summed E-state index contributed by atoms with van der Waals surface area (Å²) in [6, 6.07) is 0.363. The molecule has 13 heavy (non-hydrogen) atoms. The molecule has 0 amide bonds. The number of rotatable bonds is 4. The van der Waals surface area contributed by atoms with E-state index < -0.39 is 0 Å². The third kappa shape index (κ3) is 3.08. The predicted molar refractivity (Wildman–Crippen MR) is 56.4 cm³/mol. The van der Waals surface area contributed by atoms with Crippen LogP contribution in [0.2, 0.25) is 0 Å². The fraction of sp³-hybridized carbons (Fsp3) is 0.500. The average Bonchev–Trinajstić information content (AvgIpc) is 2.57. The van der Waals surface area contributed by atoms with Crippen molar-refractivity contribution in [2.75, 3.05) is 14.1 Å². The zero-order valence-electron chi connectivity index (χ0n) is 8.46. The summed E-state index contributed by atoms with van der Waals surface area (Å²) >= 11 is 0. The average molecular weight is 176 g/mol. The van der Waals surface area contributed by atoms with E-state index in [0.29, 0.717) is 12.0 Å². The molecule has 0 heterocycles. The van der Waals surface area contributed by atoms with Crippen LogP contribution in [0.25, 0.3) is 0 Å². The third-order valence-corrected chi connectivity index (χ3v) is 2.51. The Balaban J connectivity index is 2.28. The molecule has 0 radical (unpaired) electrons. The van der Waals surface area contributed by atoms with Crippen molar-refractivity contribution < 1.29 is 4.90 Å². The molecular formula is C12H18N+. The molecule has 1 N–H and O–H groups in total. The number of terminal acetylenes is 1. The maximum absolute atomic E-state index is 5.45. The fourth-order valence-corrected chi connectivity index (χ4v) is 1.57. The molecule has 1 rings (SSSR count). The Morgan fingerprint density at radius 2 is 2.00 bits per heavy atom. The van der Waals surface area contributed by atoms with E-state index in [2.05, 4.69) is 44.3 Å². The Kier molecular flexibility index (Phi) is 3.79. The van der Waals surface area contributed by atoms with E-state index in [1.165, 1.54) is 11.3 Å². The first-order valence-electron chi connectivity index (χ1n) is 4.85. The SMILES string of the molecule is C#CC(CCC1C=CC=C1)[NH+](C)C. The van der Waals surface area contributed by atoms with Gasteiger partial charge in [-0.2, -0.15) is 0 Å². The lowest BCUT2D eigenvalue weighted by Crippen LogP contribution is -3.09. The quantitative estimate of drug-likeness (QED) is 0.600. The van der Waals surface area contributed by atoms with Crippen LogP contribution in [0.1, 0.15) is 12.8 Å². The van der Waals surface area contributed by atoms with Crippen molar-refractivity contribution in [3.05, 3.63) is 24.3 Å². The van der Waals surface area contributed by atoms with Gasteiger partial charge in [0.15, 0.2) is 0 Å². The molecule has 1 nitrogen and oxygen atoms in total. The highest BCUT2D eigenvalue weighted by Crippen LogP contribution is 2.15. The molecule has 0 bridgehead atoms.